The summed E-state index contributed by atoms with van der Waals surface area (Å²) in [4.78, 5) is 17.0. The van der Waals surface area contributed by atoms with Crippen LogP contribution >= 0.6 is 0 Å². The first-order valence-corrected chi connectivity index (χ1v) is 11.0. The Morgan fingerprint density at radius 2 is 2.03 bits per heavy atom. The largest absolute Gasteiger partial charge is 0.460 e. The molecule has 2 aliphatic rings. The SMILES string of the molecule is CCC1C(C)CC2(O)C(=O)O[C@H](C)C2C1/C=C/c1ccc(-c2cccc(C)c2)cn1. The molecule has 2 heterocycles. The molecule has 2 aromatic rings. The number of aryl methyl sites for hydroxylation is 1. The number of carbonyl (C=O) groups is 1. The fraction of sp³-hybridized carbons (Fsp3) is 0.462. The Labute approximate surface area is 179 Å². The predicted molar refractivity (Wildman–Crippen MR) is 118 cm³/mol. The van der Waals surface area contributed by atoms with Crippen LogP contribution in [-0.4, -0.2) is 27.8 Å². The van der Waals surface area contributed by atoms with Crippen LogP contribution in [-0.2, 0) is 9.53 Å². The van der Waals surface area contributed by atoms with Gasteiger partial charge in [0.25, 0.3) is 0 Å². The summed E-state index contributed by atoms with van der Waals surface area (Å²) < 4.78 is 5.47. The number of hydrogen-bond donors (Lipinski definition) is 1. The van der Waals surface area contributed by atoms with E-state index in [-0.39, 0.29) is 23.9 Å². The quantitative estimate of drug-likeness (QED) is 0.724. The first-order valence-electron chi connectivity index (χ1n) is 11.0. The summed E-state index contributed by atoms with van der Waals surface area (Å²) in [6.07, 6.45) is 7.27. The molecule has 0 amide bonds. The van der Waals surface area contributed by atoms with Crippen molar-refractivity contribution in [3.05, 3.63) is 59.9 Å². The van der Waals surface area contributed by atoms with Crippen molar-refractivity contribution in [2.45, 2.75) is 52.2 Å². The van der Waals surface area contributed by atoms with Gasteiger partial charge >= 0.3 is 5.97 Å². The van der Waals surface area contributed by atoms with Crippen LogP contribution in [0.5, 0.6) is 0 Å². The number of rotatable bonds is 4. The number of ether oxygens (including phenoxy) is 1. The molecular formula is C26H31NO3. The van der Waals surface area contributed by atoms with Crippen molar-refractivity contribution < 1.29 is 14.6 Å². The number of benzene rings is 1. The Balaban J connectivity index is 1.60. The zero-order chi connectivity index (χ0) is 21.5. The highest BCUT2D eigenvalue weighted by molar-refractivity contribution is 5.82. The lowest BCUT2D eigenvalue weighted by Gasteiger charge is -2.45. The van der Waals surface area contributed by atoms with Gasteiger partial charge in [-0.25, -0.2) is 4.79 Å². The Morgan fingerprint density at radius 3 is 2.70 bits per heavy atom. The van der Waals surface area contributed by atoms with Crippen molar-refractivity contribution in [2.75, 3.05) is 0 Å². The van der Waals surface area contributed by atoms with E-state index in [1.807, 2.05) is 25.3 Å². The van der Waals surface area contributed by atoms with Crippen LogP contribution in [0.4, 0.5) is 0 Å². The lowest BCUT2D eigenvalue weighted by atomic mass is 9.59. The molecule has 5 unspecified atom stereocenters. The summed E-state index contributed by atoms with van der Waals surface area (Å²) >= 11 is 0. The van der Waals surface area contributed by atoms with Gasteiger partial charge in [0.2, 0.25) is 0 Å². The summed E-state index contributed by atoms with van der Waals surface area (Å²) in [6.45, 7) is 8.31. The summed E-state index contributed by atoms with van der Waals surface area (Å²) in [5.74, 6) is 0.0494. The predicted octanol–water partition coefficient (Wildman–Crippen LogP) is 5.05. The fourth-order valence-electron chi connectivity index (χ4n) is 5.65. The zero-order valence-corrected chi connectivity index (χ0v) is 18.2. The second-order valence-electron chi connectivity index (χ2n) is 9.09. The van der Waals surface area contributed by atoms with Gasteiger partial charge in [-0.2, -0.15) is 0 Å². The molecule has 4 rings (SSSR count). The van der Waals surface area contributed by atoms with E-state index < -0.39 is 11.6 Å². The summed E-state index contributed by atoms with van der Waals surface area (Å²) in [5.41, 5.74) is 2.98. The maximum absolute atomic E-state index is 12.4. The Bertz CT molecular complexity index is 951. The zero-order valence-electron chi connectivity index (χ0n) is 18.2. The van der Waals surface area contributed by atoms with Gasteiger partial charge in [0.05, 0.1) is 5.69 Å². The third-order valence-corrected chi connectivity index (χ3v) is 7.08. The smallest absolute Gasteiger partial charge is 0.338 e. The van der Waals surface area contributed by atoms with Crippen LogP contribution in [0.15, 0.2) is 48.7 Å². The maximum Gasteiger partial charge on any atom is 0.338 e. The molecule has 30 heavy (non-hydrogen) atoms. The van der Waals surface area contributed by atoms with E-state index in [4.69, 9.17) is 4.74 Å². The first kappa shape index (κ1) is 20.8. The molecule has 1 saturated heterocycles. The van der Waals surface area contributed by atoms with Crippen LogP contribution in [0, 0.1) is 30.6 Å². The third kappa shape index (κ3) is 3.58. The molecule has 1 aliphatic carbocycles. The molecule has 0 spiro atoms. The molecule has 1 aliphatic heterocycles. The summed E-state index contributed by atoms with van der Waals surface area (Å²) in [5, 5.41) is 11.2. The second kappa shape index (κ2) is 7.99. The Hall–Kier alpha value is -2.46. The standard InChI is InChI=1S/C26H31NO3/c1-5-22-17(3)14-26(29)24(18(4)30-25(26)28)23(22)12-11-21-10-9-20(15-27-21)19-8-6-7-16(2)13-19/h6-13,15,17-18,22-24,29H,5,14H2,1-4H3/b12-11+/t17?,18-,22?,23?,24?,26?/m1/s1. The minimum absolute atomic E-state index is 0.0726. The number of pyridine rings is 1. The van der Waals surface area contributed by atoms with Gasteiger partial charge in [-0.15, -0.1) is 0 Å². The van der Waals surface area contributed by atoms with Crippen LogP contribution in [0.2, 0.25) is 0 Å². The van der Waals surface area contributed by atoms with Gasteiger partial charge in [-0.05, 0) is 55.7 Å². The lowest BCUT2D eigenvalue weighted by molar-refractivity contribution is -0.160. The molecule has 4 nitrogen and oxygen atoms in total. The number of cyclic esters (lactones) is 1. The first-order chi connectivity index (χ1) is 14.3. The minimum atomic E-state index is -1.37. The molecule has 2 fully saturated rings. The molecule has 1 N–H and O–H groups in total. The van der Waals surface area contributed by atoms with Crippen molar-refractivity contribution in [3.8, 4) is 11.1 Å². The third-order valence-electron chi connectivity index (χ3n) is 7.08. The van der Waals surface area contributed by atoms with Gasteiger partial charge < -0.3 is 9.84 Å². The van der Waals surface area contributed by atoms with Crippen molar-refractivity contribution >= 4 is 12.0 Å². The van der Waals surface area contributed by atoms with Crippen LogP contribution in [0.3, 0.4) is 0 Å². The normalized spacial score (nSPS) is 33.5. The Kier molecular flexibility index (Phi) is 5.54. The van der Waals surface area contributed by atoms with Crippen molar-refractivity contribution in [3.63, 3.8) is 0 Å². The number of hydrogen-bond acceptors (Lipinski definition) is 4. The van der Waals surface area contributed by atoms with E-state index in [1.54, 1.807) is 0 Å². The highest BCUT2D eigenvalue weighted by Gasteiger charge is 2.62. The van der Waals surface area contributed by atoms with Crippen LogP contribution in [0.1, 0.15) is 44.9 Å². The molecular weight excluding hydrogens is 374 g/mol. The molecule has 6 atom stereocenters. The number of aliphatic hydroxyl groups is 1. The van der Waals surface area contributed by atoms with Crippen molar-refractivity contribution in [2.24, 2.45) is 23.7 Å². The highest BCUT2D eigenvalue weighted by Crippen LogP contribution is 2.52. The van der Waals surface area contributed by atoms with E-state index in [0.717, 1.165) is 23.2 Å². The molecule has 1 aromatic carbocycles. The summed E-state index contributed by atoms with van der Waals surface area (Å²) in [7, 11) is 0. The highest BCUT2D eigenvalue weighted by atomic mass is 16.6. The van der Waals surface area contributed by atoms with E-state index >= 15 is 0 Å². The number of esters is 1. The van der Waals surface area contributed by atoms with E-state index in [0.29, 0.717) is 12.3 Å². The topological polar surface area (TPSA) is 59.4 Å². The van der Waals surface area contributed by atoms with E-state index in [2.05, 4.69) is 62.2 Å². The molecule has 1 aromatic heterocycles. The van der Waals surface area contributed by atoms with Gasteiger partial charge in [-0.1, -0.05) is 62.2 Å². The van der Waals surface area contributed by atoms with Gasteiger partial charge in [0, 0.05) is 17.7 Å². The number of aromatic nitrogens is 1. The molecule has 0 radical (unpaired) electrons. The number of fused-ring (bicyclic) bond motifs is 1. The monoisotopic (exact) mass is 405 g/mol. The van der Waals surface area contributed by atoms with Gasteiger partial charge in [0.1, 0.15) is 6.10 Å². The van der Waals surface area contributed by atoms with E-state index in [1.165, 1.54) is 5.56 Å². The summed E-state index contributed by atoms with van der Waals surface area (Å²) in [6, 6.07) is 12.5. The average Bonchev–Trinajstić information content (AvgIpc) is 2.94. The van der Waals surface area contributed by atoms with Crippen LogP contribution < -0.4 is 0 Å². The molecule has 4 heteroatoms. The minimum Gasteiger partial charge on any atom is -0.460 e. The average molecular weight is 406 g/mol. The Morgan fingerprint density at radius 1 is 1.23 bits per heavy atom. The molecule has 1 saturated carbocycles. The fourth-order valence-corrected chi connectivity index (χ4v) is 5.65. The van der Waals surface area contributed by atoms with Gasteiger partial charge in [-0.3, -0.25) is 4.98 Å². The second-order valence-corrected chi connectivity index (χ2v) is 9.09. The number of carbonyl (C=O) groups excluding carboxylic acids is 1. The molecule has 0 bridgehead atoms. The van der Waals surface area contributed by atoms with Crippen molar-refractivity contribution in [1.82, 2.24) is 4.98 Å². The number of nitrogens with zero attached hydrogens (tertiary/aromatic N) is 1. The molecule has 158 valence electrons. The van der Waals surface area contributed by atoms with Gasteiger partial charge in [0.15, 0.2) is 5.60 Å². The van der Waals surface area contributed by atoms with E-state index in [9.17, 15) is 9.90 Å². The number of allylic oxidation sites excluding steroid dienone is 1. The van der Waals surface area contributed by atoms with Crippen LogP contribution in [0.25, 0.3) is 17.2 Å². The van der Waals surface area contributed by atoms with Crippen molar-refractivity contribution in [1.29, 1.82) is 0 Å². The lowest BCUT2D eigenvalue weighted by Crippen LogP contribution is -2.53. The maximum atomic E-state index is 12.4.